The molecule has 0 fully saturated rings. The molecule has 0 spiro atoms. The predicted molar refractivity (Wildman–Crippen MR) is 113 cm³/mol. The van der Waals surface area contributed by atoms with Crippen molar-refractivity contribution in [2.24, 2.45) is 11.7 Å². The van der Waals surface area contributed by atoms with Gasteiger partial charge in [0.1, 0.15) is 18.1 Å². The largest absolute Gasteiger partial charge is 0.480 e. The molecule has 0 heterocycles. The van der Waals surface area contributed by atoms with Gasteiger partial charge in [0.05, 0.1) is 6.04 Å². The van der Waals surface area contributed by atoms with E-state index in [1.165, 1.54) is 18.7 Å². The number of thioether (sulfide) groups is 1. The van der Waals surface area contributed by atoms with Gasteiger partial charge in [0.15, 0.2) is 0 Å². The van der Waals surface area contributed by atoms with Crippen molar-refractivity contribution >= 4 is 48.1 Å². The second-order valence-corrected chi connectivity index (χ2v) is 7.94. The molecule has 0 rings (SSSR count). The fourth-order valence-electron chi connectivity index (χ4n) is 2.21. The van der Waals surface area contributed by atoms with Gasteiger partial charge in [-0.3, -0.25) is 14.4 Å². The van der Waals surface area contributed by atoms with Gasteiger partial charge in [0.2, 0.25) is 17.7 Å². The number of rotatable bonds is 13. The number of aliphatic carboxylic acids is 1. The summed E-state index contributed by atoms with van der Waals surface area (Å²) in [7, 11) is 0. The molecular weight excluding hydrogens is 404 g/mol. The molecule has 6 N–H and O–H groups in total. The summed E-state index contributed by atoms with van der Waals surface area (Å²) in [6.07, 6.45) is 2.83. The van der Waals surface area contributed by atoms with Crippen molar-refractivity contribution in [1.29, 1.82) is 0 Å². The molecule has 0 aliphatic rings. The number of amides is 3. The maximum absolute atomic E-state index is 12.7. The zero-order valence-corrected chi connectivity index (χ0v) is 18.4. The lowest BCUT2D eigenvalue weighted by Crippen LogP contribution is -2.58. The highest BCUT2D eigenvalue weighted by molar-refractivity contribution is 7.98. The molecule has 3 amide bonds. The Morgan fingerprint density at radius 3 is 2.04 bits per heavy atom. The number of hydrogen-bond acceptors (Lipinski definition) is 7. The molecule has 0 aromatic heterocycles. The second-order valence-electron chi connectivity index (χ2n) is 6.59. The van der Waals surface area contributed by atoms with E-state index in [4.69, 9.17) is 10.8 Å². The van der Waals surface area contributed by atoms with Crippen LogP contribution >= 0.6 is 24.4 Å². The van der Waals surface area contributed by atoms with E-state index in [9.17, 15) is 19.2 Å². The average Bonchev–Trinajstić information content (AvgIpc) is 2.65. The van der Waals surface area contributed by atoms with Gasteiger partial charge in [0.25, 0.3) is 0 Å². The molecule has 162 valence electrons. The SMILES string of the molecule is CCC(C)C(NC(=O)C(CCSC)NC(=O)C(C)N)C(=O)NC(CS)C(=O)O. The van der Waals surface area contributed by atoms with Crippen LogP contribution in [-0.4, -0.2) is 70.7 Å². The molecule has 5 atom stereocenters. The van der Waals surface area contributed by atoms with Crippen LogP contribution < -0.4 is 21.7 Å². The van der Waals surface area contributed by atoms with Crippen LogP contribution in [0.2, 0.25) is 0 Å². The zero-order chi connectivity index (χ0) is 21.9. The normalized spacial score (nSPS) is 16.2. The molecule has 28 heavy (non-hydrogen) atoms. The maximum atomic E-state index is 12.7. The van der Waals surface area contributed by atoms with Crippen molar-refractivity contribution in [3.63, 3.8) is 0 Å². The van der Waals surface area contributed by atoms with Crippen molar-refractivity contribution in [1.82, 2.24) is 16.0 Å². The van der Waals surface area contributed by atoms with Gasteiger partial charge in [-0.25, -0.2) is 4.79 Å². The highest BCUT2D eigenvalue weighted by Crippen LogP contribution is 2.10. The number of hydrogen-bond donors (Lipinski definition) is 6. The molecule has 11 heteroatoms. The number of thiol groups is 1. The third-order valence-electron chi connectivity index (χ3n) is 4.25. The van der Waals surface area contributed by atoms with Crippen LogP contribution in [0.1, 0.15) is 33.6 Å². The standard InChI is InChI=1S/C17H32N4O5S2/c1-5-9(2)13(16(24)20-12(8-27)17(25)26)21-15(23)11(6-7-28-4)19-14(22)10(3)18/h9-13,27H,5-8,18H2,1-4H3,(H,19,22)(H,20,24)(H,21,23)(H,25,26). The fourth-order valence-corrected chi connectivity index (χ4v) is 2.93. The fraction of sp³-hybridized carbons (Fsp3) is 0.765. The molecular formula is C17H32N4O5S2. The molecule has 0 bridgehead atoms. The van der Waals surface area contributed by atoms with Crippen molar-refractivity contribution in [3.05, 3.63) is 0 Å². The van der Waals surface area contributed by atoms with E-state index in [0.717, 1.165) is 0 Å². The second kappa shape index (κ2) is 13.7. The van der Waals surface area contributed by atoms with Crippen LogP contribution in [0.3, 0.4) is 0 Å². The Balaban J connectivity index is 5.34. The lowest BCUT2D eigenvalue weighted by molar-refractivity contribution is -0.142. The molecule has 0 radical (unpaired) electrons. The van der Waals surface area contributed by atoms with E-state index >= 15 is 0 Å². The van der Waals surface area contributed by atoms with Gasteiger partial charge in [-0.15, -0.1) is 0 Å². The van der Waals surface area contributed by atoms with Crippen LogP contribution in [0.5, 0.6) is 0 Å². The summed E-state index contributed by atoms with van der Waals surface area (Å²) < 4.78 is 0. The lowest BCUT2D eigenvalue weighted by atomic mass is 9.97. The minimum absolute atomic E-state index is 0.0803. The Labute approximate surface area is 175 Å². The number of carboxylic acid groups (broad SMARTS) is 1. The summed E-state index contributed by atoms with van der Waals surface area (Å²) in [6, 6.07) is -3.72. The van der Waals surface area contributed by atoms with E-state index < -0.39 is 47.9 Å². The summed E-state index contributed by atoms with van der Waals surface area (Å²) in [5.74, 6) is -2.50. The van der Waals surface area contributed by atoms with Crippen LogP contribution in [-0.2, 0) is 19.2 Å². The van der Waals surface area contributed by atoms with Gasteiger partial charge in [0, 0.05) is 5.75 Å². The first kappa shape index (κ1) is 26.5. The van der Waals surface area contributed by atoms with E-state index in [1.54, 1.807) is 6.92 Å². The quantitative estimate of drug-likeness (QED) is 0.215. The molecule has 0 aliphatic heterocycles. The summed E-state index contributed by atoms with van der Waals surface area (Å²) in [5, 5.41) is 16.7. The first-order valence-electron chi connectivity index (χ1n) is 9.08. The van der Waals surface area contributed by atoms with Crippen molar-refractivity contribution < 1.29 is 24.3 Å². The predicted octanol–water partition coefficient (Wildman–Crippen LogP) is -0.398. The number of carboxylic acids is 1. The summed E-state index contributed by atoms with van der Waals surface area (Å²) in [4.78, 5) is 48.4. The van der Waals surface area contributed by atoms with E-state index in [0.29, 0.717) is 18.6 Å². The number of nitrogens with two attached hydrogens (primary N) is 1. The van der Waals surface area contributed by atoms with Gasteiger partial charge in [-0.05, 0) is 31.3 Å². The third-order valence-corrected chi connectivity index (χ3v) is 5.26. The van der Waals surface area contributed by atoms with E-state index in [-0.39, 0.29) is 11.7 Å². The van der Waals surface area contributed by atoms with Crippen LogP contribution in [0.4, 0.5) is 0 Å². The van der Waals surface area contributed by atoms with Crippen LogP contribution in [0, 0.1) is 5.92 Å². The molecule has 9 nitrogen and oxygen atoms in total. The minimum atomic E-state index is -1.21. The first-order valence-corrected chi connectivity index (χ1v) is 11.1. The summed E-state index contributed by atoms with van der Waals surface area (Å²) in [6.45, 7) is 5.14. The van der Waals surface area contributed by atoms with Crippen LogP contribution in [0.25, 0.3) is 0 Å². The molecule has 0 saturated heterocycles. The third kappa shape index (κ3) is 9.16. The Morgan fingerprint density at radius 2 is 1.61 bits per heavy atom. The molecule has 0 aliphatic carbocycles. The van der Waals surface area contributed by atoms with Gasteiger partial charge in [-0.2, -0.15) is 24.4 Å². The molecule has 0 aromatic carbocycles. The Hall–Kier alpha value is -1.46. The van der Waals surface area contributed by atoms with E-state index in [1.807, 2.05) is 13.2 Å². The molecule has 0 saturated carbocycles. The highest BCUT2D eigenvalue weighted by Gasteiger charge is 2.32. The number of carbonyl (C=O) groups excluding carboxylic acids is 3. The van der Waals surface area contributed by atoms with Crippen molar-refractivity contribution in [2.45, 2.75) is 57.8 Å². The van der Waals surface area contributed by atoms with Crippen molar-refractivity contribution in [3.8, 4) is 0 Å². The Morgan fingerprint density at radius 1 is 1.04 bits per heavy atom. The van der Waals surface area contributed by atoms with Crippen molar-refractivity contribution in [2.75, 3.05) is 17.8 Å². The van der Waals surface area contributed by atoms with Crippen LogP contribution in [0.15, 0.2) is 0 Å². The highest BCUT2D eigenvalue weighted by atomic mass is 32.2. The Bertz CT molecular complexity index is 548. The van der Waals surface area contributed by atoms with E-state index in [2.05, 4.69) is 28.6 Å². The molecule has 5 unspecified atom stereocenters. The van der Waals surface area contributed by atoms with Gasteiger partial charge < -0.3 is 26.8 Å². The maximum Gasteiger partial charge on any atom is 0.327 e. The topological polar surface area (TPSA) is 151 Å². The smallest absolute Gasteiger partial charge is 0.327 e. The summed E-state index contributed by atoms with van der Waals surface area (Å²) in [5.41, 5.74) is 5.55. The van der Waals surface area contributed by atoms with Gasteiger partial charge in [-0.1, -0.05) is 20.3 Å². The number of nitrogens with one attached hydrogen (secondary N) is 3. The first-order chi connectivity index (χ1) is 13.1. The lowest BCUT2D eigenvalue weighted by Gasteiger charge is -2.27. The zero-order valence-electron chi connectivity index (χ0n) is 16.7. The van der Waals surface area contributed by atoms with Gasteiger partial charge >= 0.3 is 5.97 Å². The summed E-state index contributed by atoms with van der Waals surface area (Å²) >= 11 is 5.44. The number of carbonyl (C=O) groups is 4. The Kier molecular flexibility index (Phi) is 13.0. The molecule has 0 aromatic rings. The monoisotopic (exact) mass is 436 g/mol. The average molecular weight is 437 g/mol. The minimum Gasteiger partial charge on any atom is -0.480 e.